The Morgan fingerprint density at radius 1 is 0.885 bits per heavy atom. The van der Waals surface area contributed by atoms with Gasteiger partial charge in [0.05, 0.1) is 12.1 Å². The van der Waals surface area contributed by atoms with Crippen molar-refractivity contribution >= 4 is 16.6 Å². The summed E-state index contributed by atoms with van der Waals surface area (Å²) in [4.78, 5) is 4.02. The van der Waals surface area contributed by atoms with Crippen LogP contribution in [0.15, 0.2) is 91.4 Å². The van der Waals surface area contributed by atoms with Crippen LogP contribution in [0.25, 0.3) is 10.9 Å². The zero-order valence-corrected chi connectivity index (χ0v) is 14.4. The molecule has 26 heavy (non-hydrogen) atoms. The summed E-state index contributed by atoms with van der Waals surface area (Å²) in [5.41, 5.74) is 3.14. The zero-order chi connectivity index (χ0) is 17.8. The van der Waals surface area contributed by atoms with E-state index in [1.54, 1.807) is 12.4 Å². The molecule has 2 unspecified atom stereocenters. The van der Waals surface area contributed by atoms with Crippen molar-refractivity contribution in [2.24, 2.45) is 0 Å². The monoisotopic (exact) mass is 343 g/mol. The van der Waals surface area contributed by atoms with Gasteiger partial charge in [-0.05, 0) is 35.2 Å². The molecule has 0 bridgehead atoms. The van der Waals surface area contributed by atoms with Gasteiger partial charge in [-0.15, -0.1) is 0 Å². The number of nitrogens with one attached hydrogen (secondary N) is 1. The van der Waals surface area contributed by atoms with Crippen molar-refractivity contribution in [3.63, 3.8) is 0 Å². The summed E-state index contributed by atoms with van der Waals surface area (Å²) >= 11 is 0. The van der Waals surface area contributed by atoms with E-state index < -0.39 is 6.10 Å². The normalized spacial score (nSPS) is 13.4. The van der Waals surface area contributed by atoms with Crippen molar-refractivity contribution in [3.05, 3.63) is 97.0 Å². The topological polar surface area (TPSA) is 50.1 Å². The average molecular weight is 343 g/mol. The summed E-state index contributed by atoms with van der Waals surface area (Å²) in [7, 11) is 0. The Kier molecular flexibility index (Phi) is 4.67. The van der Waals surface area contributed by atoms with Crippen LogP contribution in [0.2, 0.25) is 0 Å². The van der Waals surface area contributed by atoms with Crippen molar-refractivity contribution < 1.29 is 5.11 Å². The smallest absolute Gasteiger partial charge is 0.0960 e. The quantitative estimate of drug-likeness (QED) is 0.554. The maximum atomic E-state index is 11.1. The number of benzene rings is 2. The number of hydrogen-bond donors (Lipinski definition) is 2. The van der Waals surface area contributed by atoms with Crippen molar-refractivity contribution in [3.8, 4) is 0 Å². The fraction of sp³-hybridized carbons (Fsp3) is 0.136. The van der Waals surface area contributed by atoms with Gasteiger partial charge in [-0.25, -0.2) is 0 Å². The van der Waals surface area contributed by atoms with E-state index in [4.69, 9.17) is 0 Å². The fourth-order valence-electron chi connectivity index (χ4n) is 3.37. The molecule has 130 valence electrons. The van der Waals surface area contributed by atoms with E-state index in [0.29, 0.717) is 6.54 Å². The Hall–Kier alpha value is -3.11. The third kappa shape index (κ3) is 3.32. The molecule has 0 amide bonds. The van der Waals surface area contributed by atoms with Crippen LogP contribution in [0.3, 0.4) is 0 Å². The first-order valence-corrected chi connectivity index (χ1v) is 8.75. The third-order valence-electron chi connectivity index (χ3n) is 4.63. The first-order chi connectivity index (χ1) is 12.8. The molecule has 2 heterocycles. The average Bonchev–Trinajstić information content (AvgIpc) is 3.12. The SMILES string of the molecule is OC(CNc1ccncc1)C(c1ccccc1)n1ccc2ccccc21. The molecular weight excluding hydrogens is 322 g/mol. The Bertz CT molecular complexity index is 966. The number of rotatable bonds is 6. The van der Waals surface area contributed by atoms with E-state index in [1.165, 1.54) is 5.39 Å². The summed E-state index contributed by atoms with van der Waals surface area (Å²) < 4.78 is 2.16. The fourth-order valence-corrected chi connectivity index (χ4v) is 3.37. The number of nitrogens with zero attached hydrogens (tertiary/aromatic N) is 2. The summed E-state index contributed by atoms with van der Waals surface area (Å²) in [5.74, 6) is 0. The number of fused-ring (bicyclic) bond motifs is 1. The molecule has 4 nitrogen and oxygen atoms in total. The molecule has 0 radical (unpaired) electrons. The molecule has 2 N–H and O–H groups in total. The minimum absolute atomic E-state index is 0.176. The molecule has 2 aromatic heterocycles. The molecule has 0 aliphatic heterocycles. The van der Waals surface area contributed by atoms with E-state index in [2.05, 4.69) is 51.4 Å². The minimum Gasteiger partial charge on any atom is -0.389 e. The van der Waals surface area contributed by atoms with E-state index in [0.717, 1.165) is 16.8 Å². The van der Waals surface area contributed by atoms with Crippen LogP contribution >= 0.6 is 0 Å². The van der Waals surface area contributed by atoms with Crippen LogP contribution in [0.4, 0.5) is 5.69 Å². The molecule has 0 fully saturated rings. The van der Waals surface area contributed by atoms with Gasteiger partial charge < -0.3 is 15.0 Å². The lowest BCUT2D eigenvalue weighted by atomic mass is 10.0. The Morgan fingerprint density at radius 2 is 1.62 bits per heavy atom. The molecule has 4 heteroatoms. The van der Waals surface area contributed by atoms with Gasteiger partial charge in [-0.2, -0.15) is 0 Å². The highest BCUT2D eigenvalue weighted by atomic mass is 16.3. The van der Waals surface area contributed by atoms with Crippen LogP contribution in [0.1, 0.15) is 11.6 Å². The highest BCUT2D eigenvalue weighted by Crippen LogP contribution is 2.28. The summed E-state index contributed by atoms with van der Waals surface area (Å²) in [5, 5.41) is 15.5. The van der Waals surface area contributed by atoms with Crippen molar-refractivity contribution in [1.29, 1.82) is 0 Å². The first-order valence-electron chi connectivity index (χ1n) is 8.75. The van der Waals surface area contributed by atoms with Gasteiger partial charge in [0.15, 0.2) is 0 Å². The number of anilines is 1. The third-order valence-corrected chi connectivity index (χ3v) is 4.63. The number of para-hydroxylation sites is 1. The maximum Gasteiger partial charge on any atom is 0.0960 e. The second-order valence-corrected chi connectivity index (χ2v) is 6.32. The minimum atomic E-state index is -0.596. The van der Waals surface area contributed by atoms with Gasteiger partial charge in [0.25, 0.3) is 0 Å². The maximum absolute atomic E-state index is 11.1. The van der Waals surface area contributed by atoms with Crippen LogP contribution in [0.5, 0.6) is 0 Å². The Balaban J connectivity index is 1.67. The molecule has 2 atom stereocenters. The molecule has 0 saturated heterocycles. The lowest BCUT2D eigenvalue weighted by Gasteiger charge is -2.26. The lowest BCUT2D eigenvalue weighted by molar-refractivity contribution is 0.144. The largest absolute Gasteiger partial charge is 0.389 e. The second kappa shape index (κ2) is 7.42. The van der Waals surface area contributed by atoms with E-state index >= 15 is 0 Å². The second-order valence-electron chi connectivity index (χ2n) is 6.32. The number of hydrogen-bond acceptors (Lipinski definition) is 3. The van der Waals surface area contributed by atoms with Crippen molar-refractivity contribution in [1.82, 2.24) is 9.55 Å². The number of aliphatic hydroxyl groups is 1. The first kappa shape index (κ1) is 16.4. The Morgan fingerprint density at radius 3 is 2.42 bits per heavy atom. The zero-order valence-electron chi connectivity index (χ0n) is 14.4. The van der Waals surface area contributed by atoms with Crippen molar-refractivity contribution in [2.45, 2.75) is 12.1 Å². The van der Waals surface area contributed by atoms with Gasteiger partial charge in [0.2, 0.25) is 0 Å². The van der Waals surface area contributed by atoms with Crippen LogP contribution in [-0.4, -0.2) is 27.3 Å². The van der Waals surface area contributed by atoms with E-state index in [9.17, 15) is 5.11 Å². The molecule has 0 aliphatic rings. The van der Waals surface area contributed by atoms with Gasteiger partial charge in [-0.1, -0.05) is 48.5 Å². The van der Waals surface area contributed by atoms with Gasteiger partial charge in [-0.3, -0.25) is 4.98 Å². The van der Waals surface area contributed by atoms with Crippen LogP contribution in [-0.2, 0) is 0 Å². The van der Waals surface area contributed by atoms with Gasteiger partial charge in [0, 0.05) is 36.3 Å². The molecule has 2 aromatic carbocycles. The van der Waals surface area contributed by atoms with Gasteiger partial charge >= 0.3 is 0 Å². The Labute approximate surface area is 152 Å². The number of aromatic nitrogens is 2. The number of aliphatic hydroxyl groups excluding tert-OH is 1. The highest BCUT2D eigenvalue weighted by molar-refractivity contribution is 5.80. The number of pyridine rings is 1. The standard InChI is InChI=1S/C22H21N3O/c26-21(16-24-19-10-13-23-14-11-19)22(18-7-2-1-3-8-18)25-15-12-17-6-4-5-9-20(17)25/h1-15,21-22,26H,16H2,(H,23,24). The molecular formula is C22H21N3O. The predicted octanol–water partition coefficient (Wildman–Crippen LogP) is 4.10. The summed E-state index contributed by atoms with van der Waals surface area (Å²) in [6, 6.07) is 24.1. The van der Waals surface area contributed by atoms with E-state index in [-0.39, 0.29) is 6.04 Å². The van der Waals surface area contributed by atoms with Crippen molar-refractivity contribution in [2.75, 3.05) is 11.9 Å². The molecule has 0 spiro atoms. The summed E-state index contributed by atoms with van der Waals surface area (Å²) in [6.07, 6.45) is 4.94. The predicted molar refractivity (Wildman–Crippen MR) is 105 cm³/mol. The molecule has 0 aliphatic carbocycles. The highest BCUT2D eigenvalue weighted by Gasteiger charge is 2.23. The lowest BCUT2D eigenvalue weighted by Crippen LogP contribution is -2.31. The van der Waals surface area contributed by atoms with Crippen LogP contribution < -0.4 is 5.32 Å². The van der Waals surface area contributed by atoms with Crippen LogP contribution in [0, 0.1) is 0 Å². The molecule has 4 aromatic rings. The summed E-state index contributed by atoms with van der Waals surface area (Å²) in [6.45, 7) is 0.441. The van der Waals surface area contributed by atoms with E-state index in [1.807, 2.05) is 42.5 Å². The molecule has 0 saturated carbocycles. The molecule has 4 rings (SSSR count). The van der Waals surface area contributed by atoms with Gasteiger partial charge in [0.1, 0.15) is 0 Å².